The van der Waals surface area contributed by atoms with E-state index < -0.39 is 36.6 Å². The van der Waals surface area contributed by atoms with Crippen LogP contribution in [-0.2, 0) is 11.3 Å². The quantitative estimate of drug-likeness (QED) is 0.355. The molecular weight excluding hydrogens is 546 g/mol. The Morgan fingerprint density at radius 1 is 1.27 bits per heavy atom. The van der Waals surface area contributed by atoms with Crippen molar-refractivity contribution in [1.82, 2.24) is 25.2 Å². The Kier molecular flexibility index (Phi) is 7.56. The highest BCUT2D eigenvalue weighted by Crippen LogP contribution is 2.39. The number of halogens is 3. The number of carbonyl (C=O) groups is 2. The van der Waals surface area contributed by atoms with Crippen molar-refractivity contribution in [3.63, 3.8) is 0 Å². The van der Waals surface area contributed by atoms with Crippen molar-refractivity contribution in [3.8, 4) is 17.1 Å². The van der Waals surface area contributed by atoms with Gasteiger partial charge in [0.25, 0.3) is 11.8 Å². The summed E-state index contributed by atoms with van der Waals surface area (Å²) < 4.78 is 31.5. The van der Waals surface area contributed by atoms with Gasteiger partial charge < -0.3 is 25.4 Å². The molecule has 2 unspecified atom stereocenters. The molecule has 0 spiro atoms. The number of aliphatic hydroxyl groups excluding tert-OH is 1. The number of alkyl halides is 2. The Morgan fingerprint density at radius 2 is 2.05 bits per heavy atom. The molecule has 0 radical (unpaired) electrons. The second kappa shape index (κ2) is 10.9. The Bertz CT molecular complexity index is 1450. The number of pyridine rings is 1. The molecule has 1 aliphatic heterocycles. The lowest BCUT2D eigenvalue weighted by Gasteiger charge is -2.35. The number of aliphatic hydroxyl groups is 1. The highest BCUT2D eigenvalue weighted by molar-refractivity contribution is 6.33. The third-order valence-electron chi connectivity index (χ3n) is 7.04. The summed E-state index contributed by atoms with van der Waals surface area (Å²) in [5.41, 5.74) is 2.44. The molecule has 0 saturated heterocycles. The van der Waals surface area contributed by atoms with Crippen LogP contribution in [0.25, 0.3) is 11.3 Å². The summed E-state index contributed by atoms with van der Waals surface area (Å²) in [5, 5.41) is 15.7. The van der Waals surface area contributed by atoms with Crippen LogP contribution in [0.15, 0.2) is 42.6 Å². The lowest BCUT2D eigenvalue weighted by molar-refractivity contribution is -0.126. The first kappa shape index (κ1) is 27.7. The van der Waals surface area contributed by atoms with Gasteiger partial charge in [0, 0.05) is 42.6 Å². The number of ether oxygens (including phenoxy) is 1. The fraction of sp³-hybridized carbons (Fsp3) is 0.370. The molecule has 2 atom stereocenters. The van der Waals surface area contributed by atoms with Gasteiger partial charge in [-0.05, 0) is 24.6 Å². The first-order valence-corrected chi connectivity index (χ1v) is 13.0. The van der Waals surface area contributed by atoms with Crippen LogP contribution in [0, 0.1) is 0 Å². The molecule has 3 heterocycles. The first-order valence-electron chi connectivity index (χ1n) is 12.6. The van der Waals surface area contributed by atoms with Crippen LogP contribution in [0.4, 0.5) is 14.7 Å². The number of anilines is 1. The second-order valence-corrected chi connectivity index (χ2v) is 10.2. The smallest absolute Gasteiger partial charge is 0.255 e. The molecule has 3 aromatic rings. The molecule has 13 heteroatoms. The minimum atomic E-state index is -2.68. The molecule has 1 aliphatic carbocycles. The van der Waals surface area contributed by atoms with Gasteiger partial charge in [-0.25, -0.2) is 23.7 Å². The summed E-state index contributed by atoms with van der Waals surface area (Å²) in [6.45, 7) is 1.43. The molecule has 2 aromatic heterocycles. The number of rotatable bonds is 9. The molecule has 1 fully saturated rings. The Labute approximate surface area is 233 Å². The van der Waals surface area contributed by atoms with Gasteiger partial charge in [-0.1, -0.05) is 29.8 Å². The van der Waals surface area contributed by atoms with Crippen molar-refractivity contribution in [2.24, 2.45) is 0 Å². The molecule has 1 saturated carbocycles. The number of nitrogens with zero attached hydrogens (tertiary/aromatic N) is 4. The van der Waals surface area contributed by atoms with Gasteiger partial charge in [0.15, 0.2) is 0 Å². The number of nitrogens with one attached hydrogen (secondary N) is 2. The Morgan fingerprint density at radius 3 is 2.75 bits per heavy atom. The number of hydrogen-bond acceptors (Lipinski definition) is 8. The number of amides is 2. The Hall–Kier alpha value is -3.90. The normalized spacial score (nSPS) is 17.6. The average molecular weight is 573 g/mol. The summed E-state index contributed by atoms with van der Waals surface area (Å²) in [5.74, 6) is -2.97. The van der Waals surface area contributed by atoms with E-state index in [4.69, 9.17) is 16.3 Å². The zero-order valence-corrected chi connectivity index (χ0v) is 22.5. The van der Waals surface area contributed by atoms with Crippen LogP contribution in [0.1, 0.15) is 47.4 Å². The highest BCUT2D eigenvalue weighted by Gasteiger charge is 2.45. The third-order valence-corrected chi connectivity index (χ3v) is 7.32. The molecule has 1 aromatic carbocycles. The lowest BCUT2D eigenvalue weighted by Crippen LogP contribution is -2.46. The highest BCUT2D eigenvalue weighted by atomic mass is 35.5. The second-order valence-electron chi connectivity index (χ2n) is 9.83. The number of hydrogen-bond donors (Lipinski definition) is 3. The minimum absolute atomic E-state index is 0.169. The van der Waals surface area contributed by atoms with Crippen LogP contribution >= 0.6 is 11.6 Å². The molecule has 2 amide bonds. The van der Waals surface area contributed by atoms with Crippen molar-refractivity contribution in [1.29, 1.82) is 0 Å². The van der Waals surface area contributed by atoms with Crippen LogP contribution < -0.4 is 15.4 Å². The molecule has 3 N–H and O–H groups in total. The van der Waals surface area contributed by atoms with Crippen molar-refractivity contribution < 1.29 is 28.2 Å². The molecule has 2 aliphatic rings. The van der Waals surface area contributed by atoms with E-state index >= 15 is 0 Å². The number of aromatic nitrogens is 3. The van der Waals surface area contributed by atoms with Crippen LogP contribution in [0.2, 0.25) is 5.02 Å². The van der Waals surface area contributed by atoms with E-state index in [9.17, 15) is 23.5 Å². The fourth-order valence-corrected chi connectivity index (χ4v) is 4.95. The number of benzene rings is 1. The van der Waals surface area contributed by atoms with E-state index in [1.165, 1.54) is 18.2 Å². The lowest BCUT2D eigenvalue weighted by atomic mass is 9.88. The van der Waals surface area contributed by atoms with E-state index in [1.54, 1.807) is 43.3 Å². The summed E-state index contributed by atoms with van der Waals surface area (Å²) in [7, 11) is 1.47. The molecule has 5 rings (SSSR count). The van der Waals surface area contributed by atoms with Gasteiger partial charge in [-0.3, -0.25) is 9.59 Å². The van der Waals surface area contributed by atoms with Gasteiger partial charge >= 0.3 is 0 Å². The van der Waals surface area contributed by atoms with Gasteiger partial charge in [-0.2, -0.15) is 0 Å². The van der Waals surface area contributed by atoms with Crippen LogP contribution in [0.5, 0.6) is 5.88 Å². The maximum atomic E-state index is 13.4. The SMILES string of the molecule is COc1cccc(C(CO)NC(=O)C(C)N2Cc3ccc(-c4nc(NC5CC(F)(F)C5)ncc4Cl)cc3C2=O)n1. The number of fused-ring (bicyclic) bond motifs is 1. The van der Waals surface area contributed by atoms with E-state index in [2.05, 4.69) is 25.6 Å². The van der Waals surface area contributed by atoms with Crippen LogP contribution in [-0.4, -0.2) is 68.5 Å². The Balaban J connectivity index is 1.30. The monoisotopic (exact) mass is 572 g/mol. The van der Waals surface area contributed by atoms with Crippen molar-refractivity contribution in [2.45, 2.75) is 50.4 Å². The van der Waals surface area contributed by atoms with Gasteiger partial charge in [0.2, 0.25) is 17.7 Å². The van der Waals surface area contributed by atoms with Gasteiger partial charge in [-0.15, -0.1) is 0 Å². The maximum absolute atomic E-state index is 13.4. The molecule has 10 nitrogen and oxygen atoms in total. The standard InChI is InChI=1S/C27H27ClF2N6O4/c1-14(24(38)34-21(13-37)20-4-3-5-22(33-20)40-2)36-12-16-7-6-15(8-18(16)25(36)39)23-19(28)11-31-26(35-23)32-17-9-27(29,30)10-17/h3-8,11,14,17,21,37H,9-10,12-13H2,1-2H3,(H,34,38)(H,31,32,35). The zero-order valence-electron chi connectivity index (χ0n) is 21.7. The summed E-state index contributed by atoms with van der Waals surface area (Å²) >= 11 is 6.35. The largest absolute Gasteiger partial charge is 0.481 e. The molecule has 40 heavy (non-hydrogen) atoms. The predicted molar refractivity (Wildman–Crippen MR) is 142 cm³/mol. The average Bonchev–Trinajstić information content (AvgIpc) is 3.26. The summed E-state index contributed by atoms with van der Waals surface area (Å²) in [6, 6.07) is 8.12. The maximum Gasteiger partial charge on any atom is 0.255 e. The predicted octanol–water partition coefficient (Wildman–Crippen LogP) is 3.60. The number of methoxy groups -OCH3 is 1. The third kappa shape index (κ3) is 5.54. The minimum Gasteiger partial charge on any atom is -0.481 e. The van der Waals surface area contributed by atoms with E-state index in [0.717, 1.165) is 5.56 Å². The zero-order chi connectivity index (χ0) is 28.6. The van der Waals surface area contributed by atoms with Crippen molar-refractivity contribution in [3.05, 3.63) is 64.4 Å². The van der Waals surface area contributed by atoms with Crippen molar-refractivity contribution >= 4 is 29.4 Å². The molecule has 0 bridgehead atoms. The van der Waals surface area contributed by atoms with Gasteiger partial charge in [0.05, 0.1) is 42.4 Å². The van der Waals surface area contributed by atoms with Crippen molar-refractivity contribution in [2.75, 3.05) is 19.0 Å². The number of carbonyl (C=O) groups excluding carboxylic acids is 2. The van der Waals surface area contributed by atoms with E-state index in [-0.39, 0.29) is 36.3 Å². The molecule has 210 valence electrons. The summed E-state index contributed by atoms with van der Waals surface area (Å²) in [6.07, 6.45) is 0.794. The van der Waals surface area contributed by atoms with E-state index in [0.29, 0.717) is 28.4 Å². The topological polar surface area (TPSA) is 130 Å². The first-order chi connectivity index (χ1) is 19.1. The van der Waals surface area contributed by atoms with Crippen LogP contribution in [0.3, 0.4) is 0 Å². The van der Waals surface area contributed by atoms with E-state index in [1.807, 2.05) is 0 Å². The summed E-state index contributed by atoms with van der Waals surface area (Å²) in [4.78, 5) is 40.6. The fourth-order valence-electron chi connectivity index (χ4n) is 4.75. The molecular formula is C27H27ClF2N6O4. The van der Waals surface area contributed by atoms with Gasteiger partial charge in [0.1, 0.15) is 6.04 Å².